The molecule has 0 bridgehead atoms. The van der Waals surface area contributed by atoms with Crippen molar-refractivity contribution in [2.75, 3.05) is 6.54 Å². The lowest BCUT2D eigenvalue weighted by Gasteiger charge is -2.26. The van der Waals surface area contributed by atoms with E-state index in [9.17, 15) is 14.3 Å². The van der Waals surface area contributed by atoms with Crippen LogP contribution in [0.4, 0.5) is 4.39 Å². The van der Waals surface area contributed by atoms with Gasteiger partial charge in [0.1, 0.15) is 16.7 Å². The molecule has 3 aromatic rings. The Morgan fingerprint density at radius 3 is 2.18 bits per heavy atom. The Labute approximate surface area is 168 Å². The van der Waals surface area contributed by atoms with Crippen molar-refractivity contribution in [3.05, 3.63) is 102 Å². The van der Waals surface area contributed by atoms with Crippen LogP contribution in [0.25, 0.3) is 0 Å². The average molecular weight is 395 g/mol. The molecule has 1 amide bonds. The Balaban J connectivity index is 1.74. The molecule has 0 aliphatic heterocycles. The summed E-state index contributed by atoms with van der Waals surface area (Å²) in [4.78, 5) is 14.0. The lowest BCUT2D eigenvalue weighted by molar-refractivity contribution is -0.121. The van der Waals surface area contributed by atoms with Crippen molar-refractivity contribution in [2.24, 2.45) is 0 Å². The van der Waals surface area contributed by atoms with E-state index in [-0.39, 0.29) is 18.3 Å². The highest BCUT2D eigenvalue weighted by Crippen LogP contribution is 2.35. The minimum absolute atomic E-state index is 0.0240. The second kappa shape index (κ2) is 9.04. The highest BCUT2D eigenvalue weighted by molar-refractivity contribution is 8.00. The van der Waals surface area contributed by atoms with Gasteiger partial charge in [0.2, 0.25) is 5.91 Å². The number of aliphatic hydroxyl groups is 1. The molecule has 5 heteroatoms. The van der Waals surface area contributed by atoms with E-state index in [4.69, 9.17) is 0 Å². The molecule has 0 saturated carbocycles. The van der Waals surface area contributed by atoms with Crippen LogP contribution in [0.15, 0.2) is 89.8 Å². The third-order valence-corrected chi connectivity index (χ3v) is 5.68. The van der Waals surface area contributed by atoms with E-state index in [1.807, 2.05) is 60.7 Å². The zero-order valence-corrected chi connectivity index (χ0v) is 16.3. The molecule has 0 aromatic heterocycles. The zero-order chi connectivity index (χ0) is 20.0. The monoisotopic (exact) mass is 395 g/mol. The van der Waals surface area contributed by atoms with Crippen LogP contribution >= 0.6 is 11.8 Å². The fourth-order valence-electron chi connectivity index (χ4n) is 2.80. The van der Waals surface area contributed by atoms with Crippen molar-refractivity contribution in [1.82, 2.24) is 5.32 Å². The minimum Gasteiger partial charge on any atom is -0.384 e. The van der Waals surface area contributed by atoms with Crippen LogP contribution in [0.2, 0.25) is 0 Å². The summed E-state index contributed by atoms with van der Waals surface area (Å²) >= 11 is 1.46. The van der Waals surface area contributed by atoms with Crippen LogP contribution in [0.5, 0.6) is 0 Å². The van der Waals surface area contributed by atoms with Crippen LogP contribution in [-0.2, 0) is 10.4 Å². The van der Waals surface area contributed by atoms with E-state index in [0.29, 0.717) is 5.56 Å². The van der Waals surface area contributed by atoms with Gasteiger partial charge in [-0.1, -0.05) is 60.7 Å². The first kappa shape index (κ1) is 20.1. The molecule has 2 N–H and O–H groups in total. The van der Waals surface area contributed by atoms with E-state index in [1.165, 1.54) is 36.0 Å². The van der Waals surface area contributed by atoms with Gasteiger partial charge < -0.3 is 10.4 Å². The number of benzene rings is 3. The van der Waals surface area contributed by atoms with E-state index < -0.39 is 10.9 Å². The number of carbonyl (C=O) groups excluding carboxylic acids is 1. The predicted molar refractivity (Wildman–Crippen MR) is 110 cm³/mol. The van der Waals surface area contributed by atoms with Gasteiger partial charge in [0.15, 0.2) is 0 Å². The maximum absolute atomic E-state index is 13.1. The molecular formula is C23H22FNO2S. The summed E-state index contributed by atoms with van der Waals surface area (Å²) in [5.74, 6) is -0.561. The molecule has 28 heavy (non-hydrogen) atoms. The molecule has 0 saturated heterocycles. The van der Waals surface area contributed by atoms with Crippen LogP contribution < -0.4 is 5.32 Å². The number of carbonyl (C=O) groups is 1. The maximum Gasteiger partial charge on any atom is 0.238 e. The molecule has 0 fully saturated rings. The Bertz CT molecular complexity index is 899. The minimum atomic E-state index is -1.30. The Hall–Kier alpha value is -2.63. The molecule has 0 radical (unpaired) electrons. The van der Waals surface area contributed by atoms with Gasteiger partial charge in [0, 0.05) is 4.90 Å². The topological polar surface area (TPSA) is 49.3 Å². The van der Waals surface area contributed by atoms with Gasteiger partial charge in [-0.25, -0.2) is 4.39 Å². The van der Waals surface area contributed by atoms with Crippen LogP contribution in [0.3, 0.4) is 0 Å². The molecule has 3 rings (SSSR count). The quantitative estimate of drug-likeness (QED) is 0.571. The molecule has 0 unspecified atom stereocenters. The molecule has 3 nitrogen and oxygen atoms in total. The predicted octanol–water partition coefficient (Wildman–Crippen LogP) is 4.68. The number of nitrogens with one attached hydrogen (secondary N) is 1. The molecule has 0 spiro atoms. The Morgan fingerprint density at radius 2 is 1.57 bits per heavy atom. The highest BCUT2D eigenvalue weighted by atomic mass is 32.2. The lowest BCUT2D eigenvalue weighted by Crippen LogP contribution is -2.40. The first-order chi connectivity index (χ1) is 13.5. The second-order valence-electron chi connectivity index (χ2n) is 6.72. The molecule has 2 atom stereocenters. The standard InChI is InChI=1S/C23H22FNO2S/c1-23(27,18-12-14-19(24)15-13-18)16-25-22(26)21(17-8-4-2-5-9-17)28-20-10-6-3-7-11-20/h2-15,21,27H,16H2,1H3,(H,25,26)/t21-,23-/m0/s1. The second-order valence-corrected chi connectivity index (χ2v) is 7.90. The summed E-state index contributed by atoms with van der Waals surface area (Å²) in [5, 5.41) is 13.1. The molecule has 0 heterocycles. The van der Waals surface area contributed by atoms with Crippen molar-refractivity contribution in [1.29, 1.82) is 0 Å². The van der Waals surface area contributed by atoms with Gasteiger partial charge >= 0.3 is 0 Å². The Kier molecular flexibility index (Phi) is 6.49. The summed E-state index contributed by atoms with van der Waals surface area (Å²) in [5.41, 5.74) is 0.124. The highest BCUT2D eigenvalue weighted by Gasteiger charge is 2.27. The van der Waals surface area contributed by atoms with Gasteiger partial charge in [0.05, 0.1) is 6.54 Å². The smallest absolute Gasteiger partial charge is 0.238 e. The summed E-state index contributed by atoms with van der Waals surface area (Å²) < 4.78 is 13.1. The molecule has 0 aliphatic carbocycles. The summed E-state index contributed by atoms with van der Waals surface area (Å²) in [7, 11) is 0. The van der Waals surface area contributed by atoms with Crippen molar-refractivity contribution < 1.29 is 14.3 Å². The maximum atomic E-state index is 13.1. The SMILES string of the molecule is C[C@](O)(CNC(=O)[C@@H](Sc1ccccc1)c1ccccc1)c1ccc(F)cc1. The fourth-order valence-corrected chi connectivity index (χ4v) is 3.87. The van der Waals surface area contributed by atoms with Gasteiger partial charge in [0.25, 0.3) is 0 Å². The first-order valence-corrected chi connectivity index (χ1v) is 9.86. The van der Waals surface area contributed by atoms with Gasteiger partial charge in [-0.2, -0.15) is 0 Å². The molecular weight excluding hydrogens is 373 g/mol. The van der Waals surface area contributed by atoms with E-state index in [1.54, 1.807) is 6.92 Å². The van der Waals surface area contributed by atoms with Crippen molar-refractivity contribution >= 4 is 17.7 Å². The number of hydrogen-bond acceptors (Lipinski definition) is 3. The lowest BCUT2D eigenvalue weighted by atomic mass is 9.96. The largest absolute Gasteiger partial charge is 0.384 e. The summed E-state index contributed by atoms with van der Waals surface area (Å²) in [6.07, 6.45) is 0. The molecule has 144 valence electrons. The van der Waals surface area contributed by atoms with Gasteiger partial charge in [-0.3, -0.25) is 4.79 Å². The number of halogens is 1. The van der Waals surface area contributed by atoms with Crippen LogP contribution in [-0.4, -0.2) is 17.6 Å². The first-order valence-electron chi connectivity index (χ1n) is 8.98. The average Bonchev–Trinajstić information content (AvgIpc) is 2.72. The summed E-state index contributed by atoms with van der Waals surface area (Å²) in [6.45, 7) is 1.62. The van der Waals surface area contributed by atoms with Crippen molar-refractivity contribution in [3.63, 3.8) is 0 Å². The number of rotatable bonds is 7. The number of amides is 1. The third-order valence-electron chi connectivity index (χ3n) is 4.41. The van der Waals surface area contributed by atoms with Crippen LogP contribution in [0, 0.1) is 5.82 Å². The normalized spacial score (nSPS) is 14.1. The molecule has 0 aliphatic rings. The Morgan fingerprint density at radius 1 is 1.00 bits per heavy atom. The van der Waals surface area contributed by atoms with E-state index in [0.717, 1.165) is 10.5 Å². The zero-order valence-electron chi connectivity index (χ0n) is 15.5. The number of thioether (sulfide) groups is 1. The van der Waals surface area contributed by atoms with Gasteiger partial charge in [-0.05, 0) is 42.3 Å². The van der Waals surface area contributed by atoms with Crippen molar-refractivity contribution in [3.8, 4) is 0 Å². The van der Waals surface area contributed by atoms with Crippen LogP contribution in [0.1, 0.15) is 23.3 Å². The summed E-state index contributed by atoms with van der Waals surface area (Å²) in [6, 6.07) is 24.9. The van der Waals surface area contributed by atoms with Crippen molar-refractivity contribution in [2.45, 2.75) is 22.7 Å². The molecule has 3 aromatic carbocycles. The van der Waals surface area contributed by atoms with E-state index >= 15 is 0 Å². The third kappa shape index (κ3) is 5.21. The fraction of sp³-hybridized carbons (Fsp3) is 0.174. The van der Waals surface area contributed by atoms with E-state index in [2.05, 4.69) is 5.32 Å². The van der Waals surface area contributed by atoms with Gasteiger partial charge in [-0.15, -0.1) is 11.8 Å². The number of hydrogen-bond donors (Lipinski definition) is 2.